The molecule has 15 heavy (non-hydrogen) atoms. The fourth-order valence-electron chi connectivity index (χ4n) is 1.20. The van der Waals surface area contributed by atoms with Gasteiger partial charge in [0.2, 0.25) is 0 Å². The van der Waals surface area contributed by atoms with Gasteiger partial charge in [0.15, 0.2) is 11.5 Å². The lowest BCUT2D eigenvalue weighted by molar-refractivity contribution is 0.226. The minimum atomic E-state index is -0.495. The Morgan fingerprint density at radius 2 is 2.00 bits per heavy atom. The number of methoxy groups -OCH3 is 1. The summed E-state index contributed by atoms with van der Waals surface area (Å²) in [6.45, 7) is 3.37. The van der Waals surface area contributed by atoms with Crippen LogP contribution < -0.4 is 9.47 Å². The quantitative estimate of drug-likeness (QED) is 0.834. The largest absolute Gasteiger partial charge is 0.493 e. The average molecular weight is 214 g/mol. The van der Waals surface area contributed by atoms with Crippen LogP contribution in [-0.2, 0) is 6.61 Å². The Bertz CT molecular complexity index is 337. The molecule has 0 saturated heterocycles. The van der Waals surface area contributed by atoms with E-state index in [0.717, 1.165) is 0 Å². The highest BCUT2D eigenvalue weighted by molar-refractivity contribution is 5.43. The molecule has 1 N–H and O–H groups in total. The predicted octanol–water partition coefficient (Wildman–Crippen LogP) is 2.11. The molecule has 84 valence electrons. The van der Waals surface area contributed by atoms with Crippen molar-refractivity contribution < 1.29 is 19.0 Å². The summed E-state index contributed by atoms with van der Waals surface area (Å²) in [5.41, 5.74) is 0.200. The zero-order valence-electron chi connectivity index (χ0n) is 9.08. The van der Waals surface area contributed by atoms with Gasteiger partial charge >= 0.3 is 0 Å². The van der Waals surface area contributed by atoms with Crippen LogP contribution in [0.5, 0.6) is 11.5 Å². The van der Waals surface area contributed by atoms with Crippen molar-refractivity contribution in [2.75, 3.05) is 7.11 Å². The van der Waals surface area contributed by atoms with Gasteiger partial charge in [0.25, 0.3) is 0 Å². The van der Waals surface area contributed by atoms with Crippen LogP contribution >= 0.6 is 0 Å². The maximum atomic E-state index is 13.3. The zero-order valence-corrected chi connectivity index (χ0v) is 9.08. The fourth-order valence-corrected chi connectivity index (χ4v) is 1.20. The van der Waals surface area contributed by atoms with E-state index in [9.17, 15) is 4.39 Å². The number of ether oxygens (including phenoxy) is 2. The molecular formula is C11H15FO3. The molecule has 0 bridgehead atoms. The second kappa shape index (κ2) is 4.98. The van der Waals surface area contributed by atoms with E-state index < -0.39 is 5.82 Å². The van der Waals surface area contributed by atoms with E-state index in [0.29, 0.717) is 11.5 Å². The second-order valence-corrected chi connectivity index (χ2v) is 3.42. The lowest BCUT2D eigenvalue weighted by Gasteiger charge is -2.14. The standard InChI is InChI=1S/C11H15FO3/c1-7(2)15-11-4-8(6-13)9(12)5-10(11)14-3/h4-5,7,13H,6H2,1-3H3. The van der Waals surface area contributed by atoms with Gasteiger partial charge in [-0.1, -0.05) is 0 Å². The average Bonchev–Trinajstić information content (AvgIpc) is 2.19. The second-order valence-electron chi connectivity index (χ2n) is 3.42. The van der Waals surface area contributed by atoms with Crippen LogP contribution in [0.4, 0.5) is 4.39 Å². The molecule has 0 radical (unpaired) electrons. The molecular weight excluding hydrogens is 199 g/mol. The number of aliphatic hydroxyl groups excluding tert-OH is 1. The summed E-state index contributed by atoms with van der Waals surface area (Å²) in [5, 5.41) is 8.90. The molecule has 4 heteroatoms. The van der Waals surface area contributed by atoms with Crippen molar-refractivity contribution in [3.63, 3.8) is 0 Å². The number of aliphatic hydroxyl groups is 1. The predicted molar refractivity (Wildman–Crippen MR) is 54.6 cm³/mol. The van der Waals surface area contributed by atoms with Crippen LogP contribution in [0, 0.1) is 5.82 Å². The molecule has 1 aromatic carbocycles. The molecule has 0 heterocycles. The molecule has 3 nitrogen and oxygen atoms in total. The van der Waals surface area contributed by atoms with Crippen molar-refractivity contribution in [2.24, 2.45) is 0 Å². The monoisotopic (exact) mass is 214 g/mol. The van der Waals surface area contributed by atoms with Crippen molar-refractivity contribution in [1.29, 1.82) is 0 Å². The molecule has 1 aromatic rings. The smallest absolute Gasteiger partial charge is 0.163 e. The molecule has 1 rings (SSSR count). The van der Waals surface area contributed by atoms with Crippen molar-refractivity contribution in [1.82, 2.24) is 0 Å². The Labute approximate surface area is 88.4 Å². The maximum absolute atomic E-state index is 13.3. The Kier molecular flexibility index (Phi) is 3.91. The van der Waals surface area contributed by atoms with Crippen LogP contribution in [0.2, 0.25) is 0 Å². The van der Waals surface area contributed by atoms with Gasteiger partial charge in [0.1, 0.15) is 5.82 Å². The molecule has 0 aliphatic carbocycles. The highest BCUT2D eigenvalue weighted by Crippen LogP contribution is 2.30. The number of hydrogen-bond donors (Lipinski definition) is 1. The first kappa shape index (κ1) is 11.8. The van der Waals surface area contributed by atoms with Gasteiger partial charge in [-0.25, -0.2) is 4.39 Å². The number of rotatable bonds is 4. The topological polar surface area (TPSA) is 38.7 Å². The Balaban J connectivity index is 3.10. The van der Waals surface area contributed by atoms with Crippen molar-refractivity contribution in [3.05, 3.63) is 23.5 Å². The van der Waals surface area contributed by atoms with Crippen molar-refractivity contribution in [3.8, 4) is 11.5 Å². The summed E-state index contributed by atoms with van der Waals surface area (Å²) in [7, 11) is 1.45. The lowest BCUT2D eigenvalue weighted by atomic mass is 10.2. The highest BCUT2D eigenvalue weighted by Gasteiger charge is 2.11. The molecule has 0 aliphatic heterocycles. The molecule has 0 spiro atoms. The SMILES string of the molecule is COc1cc(F)c(CO)cc1OC(C)C. The van der Waals surface area contributed by atoms with E-state index in [4.69, 9.17) is 14.6 Å². The number of hydrogen-bond acceptors (Lipinski definition) is 3. The molecule has 0 unspecified atom stereocenters. The van der Waals surface area contributed by atoms with E-state index in [1.807, 2.05) is 13.8 Å². The number of halogens is 1. The van der Waals surface area contributed by atoms with Crippen LogP contribution in [0.1, 0.15) is 19.4 Å². The van der Waals surface area contributed by atoms with Crippen LogP contribution in [-0.4, -0.2) is 18.3 Å². The normalized spacial score (nSPS) is 10.5. The third kappa shape index (κ3) is 2.83. The van der Waals surface area contributed by atoms with Crippen molar-refractivity contribution >= 4 is 0 Å². The van der Waals surface area contributed by atoms with Gasteiger partial charge in [0.05, 0.1) is 19.8 Å². The molecule has 0 amide bonds. The summed E-state index contributed by atoms with van der Waals surface area (Å²) in [6.07, 6.45) is -0.0316. The first-order valence-electron chi connectivity index (χ1n) is 4.72. The van der Waals surface area contributed by atoms with Gasteiger partial charge in [0, 0.05) is 11.6 Å². The van der Waals surface area contributed by atoms with E-state index >= 15 is 0 Å². The summed E-state index contributed by atoms with van der Waals surface area (Å²) in [4.78, 5) is 0. The fraction of sp³-hybridized carbons (Fsp3) is 0.455. The Morgan fingerprint density at radius 1 is 1.33 bits per heavy atom. The van der Waals surface area contributed by atoms with Gasteiger partial charge in [-0.05, 0) is 19.9 Å². The van der Waals surface area contributed by atoms with Gasteiger partial charge in [-0.15, -0.1) is 0 Å². The van der Waals surface area contributed by atoms with Crippen LogP contribution in [0.15, 0.2) is 12.1 Å². The summed E-state index contributed by atoms with van der Waals surface area (Å²) in [5.74, 6) is 0.279. The maximum Gasteiger partial charge on any atom is 0.163 e. The minimum Gasteiger partial charge on any atom is -0.493 e. The highest BCUT2D eigenvalue weighted by atomic mass is 19.1. The van der Waals surface area contributed by atoms with Crippen molar-refractivity contribution in [2.45, 2.75) is 26.6 Å². The lowest BCUT2D eigenvalue weighted by Crippen LogP contribution is -2.07. The zero-order chi connectivity index (χ0) is 11.4. The summed E-state index contributed by atoms with van der Waals surface area (Å²) in [6, 6.07) is 2.66. The Hall–Kier alpha value is -1.29. The number of benzene rings is 1. The van der Waals surface area contributed by atoms with E-state index in [1.165, 1.54) is 19.2 Å². The molecule has 0 fully saturated rings. The van der Waals surface area contributed by atoms with E-state index in [2.05, 4.69) is 0 Å². The van der Waals surface area contributed by atoms with Gasteiger partial charge < -0.3 is 14.6 Å². The first-order valence-corrected chi connectivity index (χ1v) is 4.72. The summed E-state index contributed by atoms with van der Waals surface area (Å²) < 4.78 is 23.7. The van der Waals surface area contributed by atoms with Crippen LogP contribution in [0.25, 0.3) is 0 Å². The molecule has 0 aromatic heterocycles. The third-order valence-electron chi connectivity index (χ3n) is 1.87. The molecule has 0 aliphatic rings. The summed E-state index contributed by atoms with van der Waals surface area (Å²) >= 11 is 0. The third-order valence-corrected chi connectivity index (χ3v) is 1.87. The van der Waals surface area contributed by atoms with Crippen LogP contribution in [0.3, 0.4) is 0 Å². The molecule has 0 saturated carbocycles. The van der Waals surface area contributed by atoms with E-state index in [-0.39, 0.29) is 18.3 Å². The van der Waals surface area contributed by atoms with Gasteiger partial charge in [-0.2, -0.15) is 0 Å². The van der Waals surface area contributed by atoms with Gasteiger partial charge in [-0.3, -0.25) is 0 Å². The molecule has 0 atom stereocenters. The Morgan fingerprint density at radius 3 is 2.47 bits per heavy atom. The first-order chi connectivity index (χ1) is 7.08. The van der Waals surface area contributed by atoms with E-state index in [1.54, 1.807) is 0 Å². The minimum absolute atomic E-state index is 0.0316.